The van der Waals surface area contributed by atoms with Gasteiger partial charge in [-0.2, -0.15) is 0 Å². The number of hydrogen-bond donors (Lipinski definition) is 0. The van der Waals surface area contributed by atoms with Gasteiger partial charge >= 0.3 is 18.9 Å². The number of carboxylic acids is 1. The number of nitrogens with zero attached hydrogens (tertiary/aromatic N) is 5. The molecule has 3 heterocycles. The number of carbonyl (C=O) groups is 1. The van der Waals surface area contributed by atoms with Gasteiger partial charge in [0, 0.05) is 60.8 Å². The molecule has 3 aromatic rings. The van der Waals surface area contributed by atoms with Crippen LogP contribution in [0.1, 0.15) is 0 Å². The maximum absolute atomic E-state index is 11.1. The second-order valence-electron chi connectivity index (χ2n) is 6.61. The normalized spacial score (nSPS) is 14.9. The van der Waals surface area contributed by atoms with E-state index in [4.69, 9.17) is 0 Å². The van der Waals surface area contributed by atoms with Crippen molar-refractivity contribution in [2.75, 3.05) is 38.1 Å². The van der Waals surface area contributed by atoms with Gasteiger partial charge in [0.2, 0.25) is 0 Å². The zero-order valence-electron chi connectivity index (χ0n) is 15.6. The number of rotatable bonds is 4. The standard InChI is InChI=1S/C19H21N5O2.Li/c1-22-6-8-23(9-7-22)17-5-3-2-4-14(17)16-11-24(12-18(25)26)19-15(16)10-20-13-21-19;/h2-5,10-11,13H,6-9,12H2,1H3,(H,25,26);/q;+1/p-1. The van der Waals surface area contributed by atoms with Crippen LogP contribution in [0.25, 0.3) is 22.2 Å². The molecule has 7 nitrogen and oxygen atoms in total. The molecule has 1 saturated heterocycles. The zero-order valence-corrected chi connectivity index (χ0v) is 15.6. The molecule has 1 aliphatic heterocycles. The number of hydrogen-bond acceptors (Lipinski definition) is 6. The molecule has 0 saturated carbocycles. The molecular weight excluding hydrogens is 337 g/mol. The Labute approximate surface area is 169 Å². The molecule has 0 N–H and O–H groups in total. The van der Waals surface area contributed by atoms with Crippen LogP contribution in [0.2, 0.25) is 0 Å². The minimum absolute atomic E-state index is 0. The predicted molar refractivity (Wildman–Crippen MR) is 97.7 cm³/mol. The Morgan fingerprint density at radius 2 is 1.89 bits per heavy atom. The van der Waals surface area contributed by atoms with Gasteiger partial charge in [-0.25, -0.2) is 9.97 Å². The summed E-state index contributed by atoms with van der Waals surface area (Å²) in [4.78, 5) is 24.2. The van der Waals surface area contributed by atoms with E-state index in [2.05, 4.69) is 38.9 Å². The average Bonchev–Trinajstić information content (AvgIpc) is 3.00. The summed E-state index contributed by atoms with van der Waals surface area (Å²) in [5, 5.41) is 12.0. The molecule has 1 fully saturated rings. The Balaban J connectivity index is 0.00000210. The molecule has 0 spiro atoms. The van der Waals surface area contributed by atoms with E-state index < -0.39 is 5.97 Å². The fourth-order valence-electron chi connectivity index (χ4n) is 3.53. The zero-order chi connectivity index (χ0) is 18.1. The Bertz CT molecular complexity index is 950. The van der Waals surface area contributed by atoms with Crippen molar-refractivity contribution < 1.29 is 28.8 Å². The van der Waals surface area contributed by atoms with Crippen molar-refractivity contribution in [3.05, 3.63) is 43.0 Å². The van der Waals surface area contributed by atoms with E-state index in [-0.39, 0.29) is 25.4 Å². The van der Waals surface area contributed by atoms with Gasteiger partial charge in [0.25, 0.3) is 0 Å². The minimum atomic E-state index is -1.14. The van der Waals surface area contributed by atoms with Crippen LogP contribution in [0.5, 0.6) is 0 Å². The van der Waals surface area contributed by atoms with E-state index in [1.807, 2.05) is 18.3 Å². The Morgan fingerprint density at radius 3 is 2.63 bits per heavy atom. The molecular formula is C19H20LiN5O2. The Morgan fingerprint density at radius 1 is 1.15 bits per heavy atom. The van der Waals surface area contributed by atoms with Crippen molar-refractivity contribution in [2.45, 2.75) is 6.54 Å². The van der Waals surface area contributed by atoms with Crippen molar-refractivity contribution in [3.63, 3.8) is 0 Å². The largest absolute Gasteiger partial charge is 1.00 e. The summed E-state index contributed by atoms with van der Waals surface area (Å²) in [5.41, 5.74) is 3.76. The van der Waals surface area contributed by atoms with Crippen LogP contribution in [0.3, 0.4) is 0 Å². The number of anilines is 1. The number of piperazine rings is 1. The van der Waals surface area contributed by atoms with Crippen molar-refractivity contribution in [3.8, 4) is 11.1 Å². The molecule has 0 unspecified atom stereocenters. The molecule has 1 aromatic carbocycles. The third-order valence-corrected chi connectivity index (χ3v) is 4.88. The fourth-order valence-corrected chi connectivity index (χ4v) is 3.53. The summed E-state index contributed by atoms with van der Waals surface area (Å²) < 4.78 is 1.61. The van der Waals surface area contributed by atoms with Crippen LogP contribution >= 0.6 is 0 Å². The number of benzene rings is 1. The number of aliphatic carboxylic acids is 1. The fraction of sp³-hybridized carbons (Fsp3) is 0.316. The minimum Gasteiger partial charge on any atom is -0.548 e. The molecule has 8 heteroatoms. The van der Waals surface area contributed by atoms with E-state index in [1.165, 1.54) is 6.33 Å². The maximum Gasteiger partial charge on any atom is 1.00 e. The van der Waals surface area contributed by atoms with Gasteiger partial charge < -0.3 is 24.3 Å². The van der Waals surface area contributed by atoms with Crippen molar-refractivity contribution >= 4 is 22.7 Å². The topological polar surface area (TPSA) is 77.3 Å². The second-order valence-corrected chi connectivity index (χ2v) is 6.61. The first-order valence-corrected chi connectivity index (χ1v) is 8.65. The molecule has 2 aromatic heterocycles. The summed E-state index contributed by atoms with van der Waals surface area (Å²) in [7, 11) is 2.13. The van der Waals surface area contributed by atoms with Crippen LogP contribution in [-0.2, 0) is 11.3 Å². The molecule has 0 atom stereocenters. The first kappa shape index (κ1) is 19.4. The van der Waals surface area contributed by atoms with Crippen LogP contribution in [0.4, 0.5) is 5.69 Å². The molecule has 1 aliphatic rings. The van der Waals surface area contributed by atoms with E-state index in [1.54, 1.807) is 10.8 Å². The number of carbonyl (C=O) groups excluding carboxylic acids is 1. The quantitative estimate of drug-likeness (QED) is 0.485. The Hall–Kier alpha value is -2.33. The number of para-hydroxylation sites is 1. The van der Waals surface area contributed by atoms with Gasteiger partial charge in [-0.05, 0) is 13.1 Å². The van der Waals surface area contributed by atoms with Gasteiger partial charge in [-0.15, -0.1) is 0 Å². The van der Waals surface area contributed by atoms with E-state index in [0.29, 0.717) is 5.65 Å². The SMILES string of the molecule is CN1CCN(c2ccccc2-c2cn(CC(=O)[O-])c3ncncc23)CC1.[Li+]. The molecule has 134 valence electrons. The van der Waals surface area contributed by atoms with Gasteiger partial charge in [0.1, 0.15) is 12.0 Å². The van der Waals surface area contributed by atoms with Crippen LogP contribution < -0.4 is 28.9 Å². The first-order valence-electron chi connectivity index (χ1n) is 8.65. The predicted octanol–water partition coefficient (Wildman–Crippen LogP) is -2.40. The second kappa shape index (κ2) is 8.13. The van der Waals surface area contributed by atoms with Crippen LogP contribution in [-0.4, -0.2) is 58.6 Å². The van der Waals surface area contributed by atoms with E-state index in [9.17, 15) is 9.90 Å². The maximum atomic E-state index is 11.1. The summed E-state index contributed by atoms with van der Waals surface area (Å²) in [5.74, 6) is -1.14. The Kier molecular flexibility index (Phi) is 5.85. The van der Waals surface area contributed by atoms with Crippen molar-refractivity contribution in [1.29, 1.82) is 0 Å². The van der Waals surface area contributed by atoms with Crippen molar-refractivity contribution in [1.82, 2.24) is 19.4 Å². The third-order valence-electron chi connectivity index (χ3n) is 4.88. The average molecular weight is 357 g/mol. The van der Waals surface area contributed by atoms with Crippen molar-refractivity contribution in [2.24, 2.45) is 0 Å². The first-order chi connectivity index (χ1) is 12.6. The van der Waals surface area contributed by atoms with Gasteiger partial charge in [-0.3, -0.25) is 0 Å². The van der Waals surface area contributed by atoms with E-state index >= 15 is 0 Å². The summed E-state index contributed by atoms with van der Waals surface area (Å²) in [6.07, 6.45) is 5.01. The van der Waals surface area contributed by atoms with E-state index in [0.717, 1.165) is 48.4 Å². The number of aromatic nitrogens is 3. The summed E-state index contributed by atoms with van der Waals surface area (Å²) in [6.45, 7) is 3.72. The molecule has 27 heavy (non-hydrogen) atoms. The molecule has 0 aliphatic carbocycles. The third kappa shape index (κ3) is 3.86. The molecule has 0 bridgehead atoms. The smallest absolute Gasteiger partial charge is 0.548 e. The number of fused-ring (bicyclic) bond motifs is 1. The number of likely N-dealkylation sites (N-methyl/N-ethyl adjacent to an activating group) is 1. The monoisotopic (exact) mass is 357 g/mol. The molecule has 4 rings (SSSR count). The van der Waals surface area contributed by atoms with Crippen LogP contribution in [0, 0.1) is 0 Å². The van der Waals surface area contributed by atoms with Gasteiger partial charge in [0.15, 0.2) is 0 Å². The van der Waals surface area contributed by atoms with Gasteiger partial charge in [0.05, 0.1) is 12.5 Å². The summed E-state index contributed by atoms with van der Waals surface area (Å²) in [6, 6.07) is 8.22. The molecule has 0 radical (unpaired) electrons. The van der Waals surface area contributed by atoms with Gasteiger partial charge in [-0.1, -0.05) is 18.2 Å². The molecule has 0 amide bonds. The summed E-state index contributed by atoms with van der Waals surface area (Å²) >= 11 is 0. The van der Waals surface area contributed by atoms with Crippen LogP contribution in [0.15, 0.2) is 43.0 Å². The number of carboxylic acid groups (broad SMARTS) is 1.